The van der Waals surface area contributed by atoms with E-state index < -0.39 is 0 Å². The minimum Gasteiger partial charge on any atom is -0.312 e. The smallest absolute Gasteiger partial charge is 0.256 e. The van der Waals surface area contributed by atoms with E-state index in [1.165, 1.54) is 4.88 Å². The van der Waals surface area contributed by atoms with E-state index in [9.17, 15) is 10.1 Å². The molecule has 1 heterocycles. The van der Waals surface area contributed by atoms with Crippen LogP contribution in [-0.2, 0) is 17.6 Å². The van der Waals surface area contributed by atoms with Crippen molar-refractivity contribution >= 4 is 33.9 Å². The fourth-order valence-electron chi connectivity index (χ4n) is 3.74. The quantitative estimate of drug-likeness (QED) is 0.438. The molecule has 1 atom stereocenters. The van der Waals surface area contributed by atoms with Crippen LogP contribution in [0.2, 0.25) is 0 Å². The first kappa shape index (κ1) is 19.2. The standard InChI is InChI=1S/C25H22N2OS/c1-17-12-13-20-22(16-26)25(29-23(20)14-17)27-24(28)21(19-10-6-3-7-11-19)15-18-8-4-2-5-9-18/h2-11,15,17H,12-14H2,1H3,(H,27,28)/b21-15-. The van der Waals surface area contributed by atoms with Crippen LogP contribution in [0.5, 0.6) is 0 Å². The number of nitrogens with zero attached hydrogens (tertiary/aromatic N) is 1. The Bertz CT molecular complexity index is 1090. The maximum absolute atomic E-state index is 13.3. The Morgan fingerprint density at radius 3 is 2.52 bits per heavy atom. The monoisotopic (exact) mass is 398 g/mol. The van der Waals surface area contributed by atoms with E-state index in [1.807, 2.05) is 66.7 Å². The molecule has 0 saturated heterocycles. The van der Waals surface area contributed by atoms with Crippen LogP contribution in [0.25, 0.3) is 11.6 Å². The van der Waals surface area contributed by atoms with Crippen LogP contribution in [0.4, 0.5) is 5.00 Å². The zero-order valence-corrected chi connectivity index (χ0v) is 17.1. The maximum atomic E-state index is 13.3. The molecule has 4 heteroatoms. The average molecular weight is 399 g/mol. The Labute approximate surface area is 175 Å². The van der Waals surface area contributed by atoms with Crippen LogP contribution >= 0.6 is 11.3 Å². The molecule has 29 heavy (non-hydrogen) atoms. The van der Waals surface area contributed by atoms with Gasteiger partial charge in [0.05, 0.1) is 5.56 Å². The number of nitriles is 1. The summed E-state index contributed by atoms with van der Waals surface area (Å²) in [5, 5.41) is 13.4. The van der Waals surface area contributed by atoms with E-state index in [0.717, 1.165) is 36.0 Å². The third-order valence-corrected chi connectivity index (χ3v) is 6.46. The van der Waals surface area contributed by atoms with Gasteiger partial charge in [-0.05, 0) is 47.9 Å². The summed E-state index contributed by atoms with van der Waals surface area (Å²) in [7, 11) is 0. The molecule has 1 aromatic heterocycles. The molecule has 1 aliphatic rings. The number of hydrogen-bond acceptors (Lipinski definition) is 3. The molecular formula is C25H22N2OS. The minimum absolute atomic E-state index is 0.191. The first-order chi connectivity index (χ1) is 14.2. The van der Waals surface area contributed by atoms with Gasteiger partial charge in [0.25, 0.3) is 5.91 Å². The van der Waals surface area contributed by atoms with Gasteiger partial charge in [0.2, 0.25) is 0 Å². The van der Waals surface area contributed by atoms with Gasteiger partial charge >= 0.3 is 0 Å². The molecule has 144 valence electrons. The Hall–Kier alpha value is -3.16. The van der Waals surface area contributed by atoms with Gasteiger partial charge in [0, 0.05) is 10.5 Å². The van der Waals surface area contributed by atoms with Gasteiger partial charge in [-0.3, -0.25) is 4.79 Å². The van der Waals surface area contributed by atoms with Crippen LogP contribution < -0.4 is 5.32 Å². The lowest BCUT2D eigenvalue weighted by molar-refractivity contribution is -0.111. The number of carbonyl (C=O) groups excluding carboxylic acids is 1. The fraction of sp³-hybridized carbons (Fsp3) is 0.200. The van der Waals surface area contributed by atoms with Crippen molar-refractivity contribution in [2.24, 2.45) is 5.92 Å². The summed E-state index contributed by atoms with van der Waals surface area (Å²) in [6.07, 6.45) is 4.88. The van der Waals surface area contributed by atoms with Crippen LogP contribution in [-0.4, -0.2) is 5.91 Å². The molecule has 0 radical (unpaired) electrons. The van der Waals surface area contributed by atoms with Crippen LogP contribution in [0.3, 0.4) is 0 Å². The summed E-state index contributed by atoms with van der Waals surface area (Å²) in [4.78, 5) is 14.5. The molecule has 1 unspecified atom stereocenters. The number of nitrogens with one attached hydrogen (secondary N) is 1. The molecule has 3 aromatic rings. The predicted octanol–water partition coefficient (Wildman–Crippen LogP) is 5.92. The number of anilines is 1. The fourth-order valence-corrected chi connectivity index (χ4v) is 5.10. The zero-order chi connectivity index (χ0) is 20.2. The Balaban J connectivity index is 1.70. The average Bonchev–Trinajstić information content (AvgIpc) is 3.09. The summed E-state index contributed by atoms with van der Waals surface area (Å²) >= 11 is 1.56. The predicted molar refractivity (Wildman–Crippen MR) is 120 cm³/mol. The number of fused-ring (bicyclic) bond motifs is 1. The summed E-state index contributed by atoms with van der Waals surface area (Å²) in [5.41, 5.74) is 4.15. The van der Waals surface area contributed by atoms with Gasteiger partial charge in [0.1, 0.15) is 11.1 Å². The molecule has 1 amide bonds. The summed E-state index contributed by atoms with van der Waals surface area (Å²) in [6, 6.07) is 21.8. The number of hydrogen-bond donors (Lipinski definition) is 1. The molecule has 1 N–H and O–H groups in total. The van der Waals surface area contributed by atoms with Crippen molar-refractivity contribution in [1.29, 1.82) is 5.26 Å². The van der Waals surface area contributed by atoms with E-state index in [2.05, 4.69) is 18.3 Å². The molecule has 3 nitrogen and oxygen atoms in total. The lowest BCUT2D eigenvalue weighted by Gasteiger charge is -2.17. The van der Waals surface area contributed by atoms with E-state index in [0.29, 0.717) is 22.1 Å². The van der Waals surface area contributed by atoms with Crippen molar-refractivity contribution < 1.29 is 4.79 Å². The highest BCUT2D eigenvalue weighted by Gasteiger charge is 2.25. The second-order valence-electron chi connectivity index (χ2n) is 7.46. The zero-order valence-electron chi connectivity index (χ0n) is 16.3. The van der Waals surface area contributed by atoms with Crippen molar-refractivity contribution in [3.05, 3.63) is 87.8 Å². The van der Waals surface area contributed by atoms with Gasteiger partial charge in [-0.2, -0.15) is 5.26 Å². The van der Waals surface area contributed by atoms with Crippen LogP contribution in [0, 0.1) is 17.2 Å². The number of rotatable bonds is 4. The third kappa shape index (κ3) is 4.16. The normalized spacial score (nSPS) is 16.0. The molecule has 0 bridgehead atoms. The summed E-state index contributed by atoms with van der Waals surface area (Å²) in [6.45, 7) is 2.24. The van der Waals surface area contributed by atoms with Crippen molar-refractivity contribution in [3.8, 4) is 6.07 Å². The number of thiophene rings is 1. The van der Waals surface area contributed by atoms with E-state index >= 15 is 0 Å². The lowest BCUT2D eigenvalue weighted by atomic mass is 9.88. The van der Waals surface area contributed by atoms with Gasteiger partial charge in [0.15, 0.2) is 0 Å². The molecule has 0 aliphatic heterocycles. The van der Waals surface area contributed by atoms with Gasteiger partial charge < -0.3 is 5.32 Å². The molecule has 0 saturated carbocycles. The maximum Gasteiger partial charge on any atom is 0.256 e. The SMILES string of the molecule is CC1CCc2c(sc(NC(=O)/C(=C\c3ccccc3)c3ccccc3)c2C#N)C1. The molecule has 0 spiro atoms. The first-order valence-corrected chi connectivity index (χ1v) is 10.7. The minimum atomic E-state index is -0.191. The van der Waals surface area contributed by atoms with Crippen molar-refractivity contribution in [2.75, 3.05) is 5.32 Å². The van der Waals surface area contributed by atoms with E-state index in [4.69, 9.17) is 0 Å². The number of benzene rings is 2. The Kier molecular flexibility index (Phi) is 5.59. The number of carbonyl (C=O) groups is 1. The van der Waals surface area contributed by atoms with Crippen molar-refractivity contribution in [1.82, 2.24) is 0 Å². The highest BCUT2D eigenvalue weighted by molar-refractivity contribution is 7.16. The van der Waals surface area contributed by atoms with E-state index in [-0.39, 0.29) is 5.91 Å². The Morgan fingerprint density at radius 2 is 1.83 bits per heavy atom. The van der Waals surface area contributed by atoms with E-state index in [1.54, 1.807) is 11.3 Å². The first-order valence-electron chi connectivity index (χ1n) is 9.84. The molecule has 2 aromatic carbocycles. The molecule has 4 rings (SSSR count). The second kappa shape index (κ2) is 8.46. The van der Waals surface area contributed by atoms with Crippen LogP contribution in [0.15, 0.2) is 60.7 Å². The summed E-state index contributed by atoms with van der Waals surface area (Å²) in [5.74, 6) is 0.428. The molecule has 0 fully saturated rings. The largest absolute Gasteiger partial charge is 0.312 e. The highest BCUT2D eigenvalue weighted by atomic mass is 32.1. The van der Waals surface area contributed by atoms with Gasteiger partial charge in [-0.25, -0.2) is 0 Å². The van der Waals surface area contributed by atoms with Gasteiger partial charge in [-0.15, -0.1) is 11.3 Å². The molecule has 1 aliphatic carbocycles. The molecular weight excluding hydrogens is 376 g/mol. The van der Waals surface area contributed by atoms with Crippen LogP contribution in [0.1, 0.15) is 40.5 Å². The topological polar surface area (TPSA) is 52.9 Å². The number of amides is 1. The van der Waals surface area contributed by atoms with Gasteiger partial charge in [-0.1, -0.05) is 67.6 Å². The lowest BCUT2D eigenvalue weighted by Crippen LogP contribution is -2.14. The van der Waals surface area contributed by atoms with Crippen molar-refractivity contribution in [2.45, 2.75) is 26.2 Å². The Morgan fingerprint density at radius 1 is 1.14 bits per heavy atom. The van der Waals surface area contributed by atoms with Crippen molar-refractivity contribution in [3.63, 3.8) is 0 Å². The third-order valence-electron chi connectivity index (χ3n) is 5.29. The summed E-state index contributed by atoms with van der Waals surface area (Å²) < 4.78 is 0. The second-order valence-corrected chi connectivity index (χ2v) is 8.56. The highest BCUT2D eigenvalue weighted by Crippen LogP contribution is 2.39.